The lowest BCUT2D eigenvalue weighted by molar-refractivity contribution is 0.0731. The first-order valence-corrected chi connectivity index (χ1v) is 12.8. The summed E-state index contributed by atoms with van der Waals surface area (Å²) in [6.07, 6.45) is 1.15. The van der Waals surface area contributed by atoms with Crippen LogP contribution in [0.15, 0.2) is 59.5 Å². The Morgan fingerprint density at radius 2 is 1.88 bits per heavy atom. The highest BCUT2D eigenvalue weighted by atomic mass is 32.2. The SMILES string of the molecule is CCc1c(C(=O)N2CCOc3ccc(-c4cccc(OC)c4)cc3C2)ccc(S(C)(=O)=O)c1F. The molecule has 0 atom stereocenters. The first-order chi connectivity index (χ1) is 16.2. The lowest BCUT2D eigenvalue weighted by Gasteiger charge is -2.22. The molecule has 1 aliphatic heterocycles. The maximum Gasteiger partial charge on any atom is 0.254 e. The monoisotopic (exact) mass is 483 g/mol. The Balaban J connectivity index is 1.68. The molecule has 0 unspecified atom stereocenters. The van der Waals surface area contributed by atoms with Crippen LogP contribution in [0.4, 0.5) is 4.39 Å². The van der Waals surface area contributed by atoms with Gasteiger partial charge in [-0.2, -0.15) is 0 Å². The number of rotatable bonds is 5. The third-order valence-corrected chi connectivity index (χ3v) is 7.04. The molecule has 0 saturated carbocycles. The van der Waals surface area contributed by atoms with Gasteiger partial charge in [-0.1, -0.05) is 25.1 Å². The fourth-order valence-corrected chi connectivity index (χ4v) is 4.92. The molecular formula is C26H26FNO5S. The zero-order chi connectivity index (χ0) is 24.5. The minimum Gasteiger partial charge on any atom is -0.497 e. The van der Waals surface area contributed by atoms with Crippen LogP contribution in [-0.4, -0.2) is 45.7 Å². The molecule has 3 aromatic carbocycles. The summed E-state index contributed by atoms with van der Waals surface area (Å²) >= 11 is 0. The van der Waals surface area contributed by atoms with Crippen LogP contribution in [0.1, 0.15) is 28.4 Å². The second-order valence-corrected chi connectivity index (χ2v) is 10.1. The highest BCUT2D eigenvalue weighted by Crippen LogP contribution is 2.32. The van der Waals surface area contributed by atoms with Gasteiger partial charge in [-0.3, -0.25) is 4.79 Å². The van der Waals surface area contributed by atoms with Gasteiger partial charge < -0.3 is 14.4 Å². The Labute approximate surface area is 198 Å². The van der Waals surface area contributed by atoms with Gasteiger partial charge in [0.05, 0.1) is 13.7 Å². The molecule has 1 heterocycles. The van der Waals surface area contributed by atoms with Crippen LogP contribution in [0.2, 0.25) is 0 Å². The zero-order valence-electron chi connectivity index (χ0n) is 19.3. The van der Waals surface area contributed by atoms with E-state index in [4.69, 9.17) is 9.47 Å². The first kappa shape index (κ1) is 23.8. The van der Waals surface area contributed by atoms with Crippen LogP contribution in [-0.2, 0) is 22.8 Å². The maximum absolute atomic E-state index is 15.0. The van der Waals surface area contributed by atoms with Crippen LogP contribution in [0.25, 0.3) is 11.1 Å². The Bertz CT molecular complexity index is 1350. The van der Waals surface area contributed by atoms with Crippen LogP contribution in [0.3, 0.4) is 0 Å². The van der Waals surface area contributed by atoms with E-state index in [1.54, 1.807) is 18.9 Å². The highest BCUT2D eigenvalue weighted by molar-refractivity contribution is 7.90. The summed E-state index contributed by atoms with van der Waals surface area (Å²) in [6.45, 7) is 2.59. The standard InChI is InChI=1S/C26H26FNO5S/c1-4-21-22(9-11-24(25(21)27)34(3,30)31)26(29)28-12-13-33-23-10-8-18(14-19(23)16-28)17-6-5-7-20(15-17)32-2/h5-11,14-15H,4,12-13,16H2,1-3H3. The molecule has 0 saturated heterocycles. The maximum atomic E-state index is 15.0. The predicted octanol–water partition coefficient (Wildman–Crippen LogP) is 4.50. The van der Waals surface area contributed by atoms with E-state index in [1.807, 2.05) is 42.5 Å². The predicted molar refractivity (Wildman–Crippen MR) is 128 cm³/mol. The molecule has 4 rings (SSSR count). The average Bonchev–Trinajstić information content (AvgIpc) is 3.04. The number of sulfone groups is 1. The summed E-state index contributed by atoms with van der Waals surface area (Å²) in [5.41, 5.74) is 3.02. The number of benzene rings is 3. The summed E-state index contributed by atoms with van der Waals surface area (Å²) < 4.78 is 50.0. The summed E-state index contributed by atoms with van der Waals surface area (Å²) in [7, 11) is -2.13. The molecule has 8 heteroatoms. The highest BCUT2D eigenvalue weighted by Gasteiger charge is 2.27. The van der Waals surface area contributed by atoms with Crippen molar-refractivity contribution in [2.24, 2.45) is 0 Å². The normalized spacial score (nSPS) is 13.6. The Morgan fingerprint density at radius 3 is 2.59 bits per heavy atom. The van der Waals surface area contributed by atoms with Gasteiger partial charge in [0.2, 0.25) is 0 Å². The molecule has 0 radical (unpaired) electrons. The quantitative estimate of drug-likeness (QED) is 0.534. The molecule has 1 aliphatic rings. The van der Waals surface area contributed by atoms with Crippen molar-refractivity contribution in [1.82, 2.24) is 4.90 Å². The van der Waals surface area contributed by atoms with Crippen molar-refractivity contribution >= 4 is 15.7 Å². The minimum absolute atomic E-state index is 0.100. The van der Waals surface area contributed by atoms with Crippen molar-refractivity contribution in [2.75, 3.05) is 26.5 Å². The molecule has 34 heavy (non-hydrogen) atoms. The smallest absolute Gasteiger partial charge is 0.254 e. The number of hydrogen-bond acceptors (Lipinski definition) is 5. The number of fused-ring (bicyclic) bond motifs is 1. The lowest BCUT2D eigenvalue weighted by Crippen LogP contribution is -2.33. The summed E-state index contributed by atoms with van der Waals surface area (Å²) in [5.74, 6) is 0.213. The Kier molecular flexibility index (Phi) is 6.61. The van der Waals surface area contributed by atoms with E-state index in [0.29, 0.717) is 18.9 Å². The lowest BCUT2D eigenvalue weighted by atomic mass is 10.0. The van der Waals surface area contributed by atoms with Gasteiger partial charge in [0.25, 0.3) is 5.91 Å². The molecule has 0 spiro atoms. The van der Waals surface area contributed by atoms with Crippen molar-refractivity contribution in [3.8, 4) is 22.6 Å². The minimum atomic E-state index is -3.74. The van der Waals surface area contributed by atoms with E-state index in [0.717, 1.165) is 28.7 Å². The summed E-state index contributed by atoms with van der Waals surface area (Å²) in [6, 6.07) is 16.1. The van der Waals surface area contributed by atoms with Gasteiger partial charge in [-0.15, -0.1) is 0 Å². The largest absolute Gasteiger partial charge is 0.497 e. The van der Waals surface area contributed by atoms with Gasteiger partial charge in [-0.05, 0) is 53.9 Å². The Hall–Kier alpha value is -3.39. The van der Waals surface area contributed by atoms with Gasteiger partial charge in [0, 0.05) is 29.5 Å². The molecule has 3 aromatic rings. The van der Waals surface area contributed by atoms with Crippen LogP contribution < -0.4 is 9.47 Å². The molecule has 0 bridgehead atoms. The van der Waals surface area contributed by atoms with Crippen LogP contribution in [0.5, 0.6) is 11.5 Å². The van der Waals surface area contributed by atoms with Crippen molar-refractivity contribution in [1.29, 1.82) is 0 Å². The molecule has 6 nitrogen and oxygen atoms in total. The number of halogens is 1. The third kappa shape index (κ3) is 4.63. The van der Waals surface area contributed by atoms with E-state index in [1.165, 1.54) is 12.1 Å². The second kappa shape index (κ2) is 9.46. The van der Waals surface area contributed by atoms with Crippen LogP contribution >= 0.6 is 0 Å². The van der Waals surface area contributed by atoms with E-state index < -0.39 is 20.5 Å². The van der Waals surface area contributed by atoms with Crippen molar-refractivity contribution in [3.63, 3.8) is 0 Å². The molecule has 0 N–H and O–H groups in total. The number of carbonyl (C=O) groups is 1. The molecular weight excluding hydrogens is 457 g/mol. The number of ether oxygens (including phenoxy) is 2. The van der Waals surface area contributed by atoms with E-state index in [-0.39, 0.29) is 30.0 Å². The van der Waals surface area contributed by atoms with Crippen molar-refractivity contribution < 1.29 is 27.1 Å². The topological polar surface area (TPSA) is 72.9 Å². The molecule has 0 aromatic heterocycles. The fraction of sp³-hybridized carbons (Fsp3) is 0.269. The first-order valence-electron chi connectivity index (χ1n) is 10.9. The third-order valence-electron chi connectivity index (χ3n) is 5.92. The van der Waals surface area contributed by atoms with Crippen molar-refractivity contribution in [3.05, 3.63) is 77.1 Å². The molecule has 1 amide bonds. The summed E-state index contributed by atoms with van der Waals surface area (Å²) in [4.78, 5) is 14.6. The second-order valence-electron chi connectivity index (χ2n) is 8.16. The van der Waals surface area contributed by atoms with Gasteiger partial charge in [-0.25, -0.2) is 12.8 Å². The van der Waals surface area contributed by atoms with E-state index in [2.05, 4.69) is 0 Å². The number of hydrogen-bond donors (Lipinski definition) is 0. The van der Waals surface area contributed by atoms with Crippen LogP contribution in [0, 0.1) is 5.82 Å². The number of carbonyl (C=O) groups excluding carboxylic acids is 1. The van der Waals surface area contributed by atoms with E-state index >= 15 is 0 Å². The molecule has 0 aliphatic carbocycles. The number of methoxy groups -OCH3 is 1. The molecule has 0 fully saturated rings. The van der Waals surface area contributed by atoms with Gasteiger partial charge >= 0.3 is 0 Å². The average molecular weight is 484 g/mol. The summed E-state index contributed by atoms with van der Waals surface area (Å²) in [5, 5.41) is 0. The number of amides is 1. The fourth-order valence-electron chi connectivity index (χ4n) is 4.15. The van der Waals surface area contributed by atoms with Gasteiger partial charge in [0.1, 0.15) is 28.8 Å². The molecule has 178 valence electrons. The number of nitrogens with zero attached hydrogens (tertiary/aromatic N) is 1. The van der Waals surface area contributed by atoms with E-state index in [9.17, 15) is 17.6 Å². The Morgan fingerprint density at radius 1 is 1.12 bits per heavy atom. The van der Waals surface area contributed by atoms with Crippen molar-refractivity contribution in [2.45, 2.75) is 24.8 Å². The van der Waals surface area contributed by atoms with Gasteiger partial charge in [0.15, 0.2) is 9.84 Å². The zero-order valence-corrected chi connectivity index (χ0v) is 20.1.